The molecular weight excluding hydrogens is 228 g/mol. The first-order chi connectivity index (χ1) is 8.67. The van der Waals surface area contributed by atoms with Gasteiger partial charge in [-0.1, -0.05) is 38.1 Å². The van der Waals surface area contributed by atoms with Crippen LogP contribution in [0.5, 0.6) is 0 Å². The Morgan fingerprint density at radius 3 is 2.61 bits per heavy atom. The molecule has 1 aliphatic rings. The van der Waals surface area contributed by atoms with Gasteiger partial charge >= 0.3 is 5.97 Å². The lowest BCUT2D eigenvalue weighted by Crippen LogP contribution is -2.27. The second-order valence-electron chi connectivity index (χ2n) is 4.65. The SMILES string of the molecule is CCC(CC)OC(=O)C1Cc2ccccc2C1=O. The van der Waals surface area contributed by atoms with Gasteiger partial charge in [0.15, 0.2) is 5.78 Å². The molecule has 1 aromatic rings. The third-order valence-electron chi connectivity index (χ3n) is 3.50. The number of ether oxygens (including phenoxy) is 1. The zero-order valence-corrected chi connectivity index (χ0v) is 10.8. The van der Waals surface area contributed by atoms with Crippen molar-refractivity contribution in [2.75, 3.05) is 0 Å². The lowest BCUT2D eigenvalue weighted by molar-refractivity contribution is -0.152. The fourth-order valence-corrected chi connectivity index (χ4v) is 2.33. The highest BCUT2D eigenvalue weighted by Crippen LogP contribution is 2.27. The number of ketones is 1. The van der Waals surface area contributed by atoms with Crippen molar-refractivity contribution in [3.05, 3.63) is 35.4 Å². The van der Waals surface area contributed by atoms with Crippen LogP contribution in [-0.2, 0) is 16.0 Å². The minimum absolute atomic E-state index is 0.0750. The van der Waals surface area contributed by atoms with E-state index < -0.39 is 5.92 Å². The molecule has 0 saturated heterocycles. The third kappa shape index (κ3) is 2.30. The van der Waals surface area contributed by atoms with Gasteiger partial charge in [0.25, 0.3) is 0 Å². The Morgan fingerprint density at radius 1 is 1.33 bits per heavy atom. The molecule has 0 radical (unpaired) electrons. The van der Waals surface area contributed by atoms with E-state index in [2.05, 4.69) is 0 Å². The van der Waals surface area contributed by atoms with Gasteiger partial charge in [-0.3, -0.25) is 9.59 Å². The largest absolute Gasteiger partial charge is 0.462 e. The fourth-order valence-electron chi connectivity index (χ4n) is 2.33. The molecule has 1 atom stereocenters. The van der Waals surface area contributed by atoms with Gasteiger partial charge in [0.2, 0.25) is 0 Å². The van der Waals surface area contributed by atoms with E-state index in [0.717, 1.165) is 18.4 Å². The molecule has 18 heavy (non-hydrogen) atoms. The van der Waals surface area contributed by atoms with Gasteiger partial charge < -0.3 is 4.74 Å². The third-order valence-corrected chi connectivity index (χ3v) is 3.50. The number of fused-ring (bicyclic) bond motifs is 1. The summed E-state index contributed by atoms with van der Waals surface area (Å²) in [5.74, 6) is -1.10. The number of benzene rings is 1. The topological polar surface area (TPSA) is 43.4 Å². The molecule has 1 aliphatic carbocycles. The number of carbonyl (C=O) groups excluding carboxylic acids is 2. The summed E-state index contributed by atoms with van der Waals surface area (Å²) in [5.41, 5.74) is 1.62. The smallest absolute Gasteiger partial charge is 0.317 e. The predicted molar refractivity (Wildman–Crippen MR) is 68.4 cm³/mol. The molecular formula is C15H18O3. The normalized spacial score (nSPS) is 17.9. The van der Waals surface area contributed by atoms with Crippen LogP contribution < -0.4 is 0 Å². The number of hydrogen-bond donors (Lipinski definition) is 0. The fraction of sp³-hybridized carbons (Fsp3) is 0.467. The van der Waals surface area contributed by atoms with Crippen LogP contribution in [0.25, 0.3) is 0 Å². The Kier molecular flexibility index (Phi) is 3.80. The van der Waals surface area contributed by atoms with Gasteiger partial charge in [0.1, 0.15) is 12.0 Å². The Labute approximate surface area is 107 Å². The van der Waals surface area contributed by atoms with E-state index in [1.165, 1.54) is 0 Å². The monoisotopic (exact) mass is 246 g/mol. The maximum Gasteiger partial charge on any atom is 0.317 e. The summed E-state index contributed by atoms with van der Waals surface area (Å²) >= 11 is 0. The first-order valence-electron chi connectivity index (χ1n) is 6.50. The van der Waals surface area contributed by atoms with Crippen LogP contribution in [0.4, 0.5) is 0 Å². The summed E-state index contributed by atoms with van der Waals surface area (Å²) in [4.78, 5) is 24.1. The predicted octanol–water partition coefficient (Wildman–Crippen LogP) is 2.77. The molecule has 0 aliphatic heterocycles. The second-order valence-corrected chi connectivity index (χ2v) is 4.65. The lowest BCUT2D eigenvalue weighted by atomic mass is 10.1. The molecule has 0 fully saturated rings. The summed E-state index contributed by atoms with van der Waals surface area (Å²) in [5, 5.41) is 0. The standard InChI is InChI=1S/C15H18O3/c1-3-11(4-2)18-15(17)13-9-10-7-5-6-8-12(10)14(13)16/h5-8,11,13H,3-4,9H2,1-2H3. The Bertz CT molecular complexity index is 461. The summed E-state index contributed by atoms with van der Waals surface area (Å²) in [6.45, 7) is 3.96. The highest BCUT2D eigenvalue weighted by molar-refractivity contribution is 6.12. The Balaban J connectivity index is 2.09. The molecule has 0 saturated carbocycles. The molecule has 1 unspecified atom stereocenters. The van der Waals surface area contributed by atoms with Crippen molar-refractivity contribution in [1.82, 2.24) is 0 Å². The van der Waals surface area contributed by atoms with Crippen LogP contribution in [0.1, 0.15) is 42.6 Å². The molecule has 1 aromatic carbocycles. The highest BCUT2D eigenvalue weighted by atomic mass is 16.5. The minimum atomic E-state index is -0.636. The summed E-state index contributed by atoms with van der Waals surface area (Å²) < 4.78 is 5.37. The molecule has 2 rings (SSSR count). The minimum Gasteiger partial charge on any atom is -0.462 e. The van der Waals surface area contributed by atoms with Crippen molar-refractivity contribution in [2.45, 2.75) is 39.2 Å². The van der Waals surface area contributed by atoms with Crippen molar-refractivity contribution < 1.29 is 14.3 Å². The van der Waals surface area contributed by atoms with Crippen LogP contribution in [0.2, 0.25) is 0 Å². The average Bonchev–Trinajstić information content (AvgIpc) is 2.74. The maximum atomic E-state index is 12.1. The Hall–Kier alpha value is -1.64. The summed E-state index contributed by atoms with van der Waals surface area (Å²) in [6.07, 6.45) is 1.98. The molecule has 0 aromatic heterocycles. The van der Waals surface area contributed by atoms with E-state index in [-0.39, 0.29) is 17.9 Å². The molecule has 96 valence electrons. The van der Waals surface area contributed by atoms with Crippen molar-refractivity contribution in [2.24, 2.45) is 5.92 Å². The number of esters is 1. The second kappa shape index (κ2) is 5.34. The Morgan fingerprint density at radius 2 is 2.00 bits per heavy atom. The van der Waals surface area contributed by atoms with Crippen LogP contribution >= 0.6 is 0 Å². The quantitative estimate of drug-likeness (QED) is 0.606. The molecule has 3 heteroatoms. The lowest BCUT2D eigenvalue weighted by Gasteiger charge is -2.16. The summed E-state index contributed by atoms with van der Waals surface area (Å²) in [7, 11) is 0. The van der Waals surface area contributed by atoms with Crippen molar-refractivity contribution in [3.8, 4) is 0 Å². The molecule has 0 amide bonds. The van der Waals surface area contributed by atoms with Crippen LogP contribution in [0.3, 0.4) is 0 Å². The molecule has 0 N–H and O–H groups in total. The van der Waals surface area contributed by atoms with E-state index in [9.17, 15) is 9.59 Å². The van der Waals surface area contributed by atoms with Gasteiger partial charge in [-0.2, -0.15) is 0 Å². The van der Waals surface area contributed by atoms with E-state index in [4.69, 9.17) is 4.74 Å². The zero-order valence-electron chi connectivity index (χ0n) is 10.8. The average molecular weight is 246 g/mol. The van der Waals surface area contributed by atoms with Gasteiger partial charge in [-0.05, 0) is 24.8 Å². The first-order valence-corrected chi connectivity index (χ1v) is 6.50. The van der Waals surface area contributed by atoms with Crippen molar-refractivity contribution in [1.29, 1.82) is 0 Å². The number of hydrogen-bond acceptors (Lipinski definition) is 3. The molecule has 3 nitrogen and oxygen atoms in total. The summed E-state index contributed by atoms with van der Waals surface area (Å²) in [6, 6.07) is 7.39. The van der Waals surface area contributed by atoms with Crippen LogP contribution in [-0.4, -0.2) is 17.9 Å². The number of carbonyl (C=O) groups is 2. The van der Waals surface area contributed by atoms with Crippen LogP contribution in [0.15, 0.2) is 24.3 Å². The van der Waals surface area contributed by atoms with Crippen molar-refractivity contribution >= 4 is 11.8 Å². The van der Waals surface area contributed by atoms with Gasteiger partial charge in [-0.15, -0.1) is 0 Å². The molecule has 0 bridgehead atoms. The van der Waals surface area contributed by atoms with Crippen LogP contribution in [0, 0.1) is 5.92 Å². The van der Waals surface area contributed by atoms with E-state index in [1.54, 1.807) is 6.07 Å². The highest BCUT2D eigenvalue weighted by Gasteiger charge is 2.37. The number of rotatable bonds is 4. The maximum absolute atomic E-state index is 12.1. The molecule has 0 spiro atoms. The van der Waals surface area contributed by atoms with Gasteiger partial charge in [-0.25, -0.2) is 0 Å². The van der Waals surface area contributed by atoms with E-state index in [0.29, 0.717) is 12.0 Å². The van der Waals surface area contributed by atoms with E-state index in [1.807, 2.05) is 32.0 Å². The first kappa shape index (κ1) is 12.8. The van der Waals surface area contributed by atoms with Gasteiger partial charge in [0.05, 0.1) is 0 Å². The molecule has 0 heterocycles. The zero-order chi connectivity index (χ0) is 13.1. The number of Topliss-reactive ketones (excluding diaryl/α,β-unsaturated/α-hetero) is 1. The van der Waals surface area contributed by atoms with Crippen molar-refractivity contribution in [3.63, 3.8) is 0 Å². The van der Waals surface area contributed by atoms with E-state index >= 15 is 0 Å². The van der Waals surface area contributed by atoms with Gasteiger partial charge in [0, 0.05) is 5.56 Å².